The number of hydrogen-bond acceptors (Lipinski definition) is 3. The Bertz CT molecular complexity index is 495. The second-order valence-corrected chi connectivity index (χ2v) is 4.87. The molecule has 2 rings (SSSR count). The number of benzene rings is 1. The van der Waals surface area contributed by atoms with Crippen molar-refractivity contribution in [1.29, 1.82) is 0 Å². The fourth-order valence-electron chi connectivity index (χ4n) is 1.72. The monoisotopic (exact) mass is 262 g/mol. The summed E-state index contributed by atoms with van der Waals surface area (Å²) in [5.41, 5.74) is 6.85. The lowest BCUT2D eigenvalue weighted by Crippen LogP contribution is -2.44. The molecule has 0 aromatic heterocycles. The lowest BCUT2D eigenvalue weighted by molar-refractivity contribution is -0.130. The number of aryl methyl sites for hydroxylation is 2. The van der Waals surface area contributed by atoms with Crippen molar-refractivity contribution in [3.63, 3.8) is 0 Å². The third kappa shape index (κ3) is 3.98. The molecule has 5 heteroatoms. The van der Waals surface area contributed by atoms with Crippen LogP contribution in [0.1, 0.15) is 24.0 Å². The van der Waals surface area contributed by atoms with Crippen LogP contribution in [0, 0.1) is 19.8 Å². The minimum atomic E-state index is -0.367. The lowest BCUT2D eigenvalue weighted by atomic mass is 10.1. The van der Waals surface area contributed by atoms with E-state index in [2.05, 4.69) is 10.9 Å². The minimum absolute atomic E-state index is 0.0700. The summed E-state index contributed by atoms with van der Waals surface area (Å²) in [5.74, 6) is 0.253. The Labute approximate surface area is 112 Å². The zero-order valence-electron chi connectivity index (χ0n) is 11.2. The highest BCUT2D eigenvalue weighted by atomic mass is 16.5. The molecule has 19 heavy (non-hydrogen) atoms. The van der Waals surface area contributed by atoms with E-state index in [0.717, 1.165) is 24.0 Å². The van der Waals surface area contributed by atoms with Gasteiger partial charge in [0.15, 0.2) is 6.61 Å². The lowest BCUT2D eigenvalue weighted by Gasteiger charge is -2.10. The number of amides is 2. The zero-order chi connectivity index (χ0) is 13.8. The second kappa shape index (κ2) is 5.73. The molecule has 102 valence electrons. The molecule has 1 fully saturated rings. The van der Waals surface area contributed by atoms with E-state index in [9.17, 15) is 9.59 Å². The van der Waals surface area contributed by atoms with E-state index in [1.54, 1.807) is 0 Å². The standard InChI is InChI=1S/C14H18N2O3/c1-9-3-6-12(10(2)7-9)19-8-13(17)15-16-14(18)11-4-5-11/h3,6-7,11H,4-5,8H2,1-2H3,(H,15,17)(H,16,18). The predicted molar refractivity (Wildman–Crippen MR) is 70.4 cm³/mol. The molecule has 2 amide bonds. The molecule has 0 saturated heterocycles. The number of carbonyl (C=O) groups excluding carboxylic acids is 2. The Morgan fingerprint density at radius 2 is 2.00 bits per heavy atom. The van der Waals surface area contributed by atoms with Crippen LogP contribution >= 0.6 is 0 Å². The Morgan fingerprint density at radius 3 is 2.63 bits per heavy atom. The number of hydrogen-bond donors (Lipinski definition) is 2. The molecule has 0 atom stereocenters. The Kier molecular flexibility index (Phi) is 4.04. The van der Waals surface area contributed by atoms with Crippen molar-refractivity contribution in [2.45, 2.75) is 26.7 Å². The van der Waals surface area contributed by atoms with Crippen molar-refractivity contribution in [2.75, 3.05) is 6.61 Å². The average Bonchev–Trinajstić information content (AvgIpc) is 3.19. The first-order valence-electron chi connectivity index (χ1n) is 6.35. The van der Waals surface area contributed by atoms with E-state index in [4.69, 9.17) is 4.74 Å². The van der Waals surface area contributed by atoms with Crippen LogP contribution < -0.4 is 15.6 Å². The first-order chi connectivity index (χ1) is 9.06. The number of nitrogens with one attached hydrogen (secondary N) is 2. The SMILES string of the molecule is Cc1ccc(OCC(=O)NNC(=O)C2CC2)c(C)c1. The second-order valence-electron chi connectivity index (χ2n) is 4.87. The van der Waals surface area contributed by atoms with Gasteiger partial charge in [-0.15, -0.1) is 0 Å². The van der Waals surface area contributed by atoms with Crippen molar-refractivity contribution < 1.29 is 14.3 Å². The summed E-state index contributed by atoms with van der Waals surface area (Å²) in [7, 11) is 0. The molecule has 1 aromatic carbocycles. The summed E-state index contributed by atoms with van der Waals surface area (Å²) in [4.78, 5) is 22.8. The molecule has 1 saturated carbocycles. The summed E-state index contributed by atoms with van der Waals surface area (Å²) in [6.45, 7) is 3.81. The molecule has 0 heterocycles. The molecule has 0 bridgehead atoms. The molecule has 2 N–H and O–H groups in total. The fraction of sp³-hybridized carbons (Fsp3) is 0.429. The molecular formula is C14H18N2O3. The highest BCUT2D eigenvalue weighted by Gasteiger charge is 2.29. The Balaban J connectivity index is 1.74. The molecule has 0 spiro atoms. The van der Waals surface area contributed by atoms with Crippen LogP contribution in [-0.2, 0) is 9.59 Å². The Hall–Kier alpha value is -2.04. The third-order valence-electron chi connectivity index (χ3n) is 2.96. The molecule has 1 aromatic rings. The zero-order valence-corrected chi connectivity index (χ0v) is 11.2. The van der Waals surface area contributed by atoms with Crippen molar-refractivity contribution in [2.24, 2.45) is 5.92 Å². The molecule has 1 aliphatic rings. The van der Waals surface area contributed by atoms with Gasteiger partial charge >= 0.3 is 0 Å². The fourth-order valence-corrected chi connectivity index (χ4v) is 1.72. The third-order valence-corrected chi connectivity index (χ3v) is 2.96. The van der Waals surface area contributed by atoms with Gasteiger partial charge < -0.3 is 4.74 Å². The van der Waals surface area contributed by atoms with Gasteiger partial charge in [-0.2, -0.15) is 0 Å². The smallest absolute Gasteiger partial charge is 0.276 e. The summed E-state index contributed by atoms with van der Waals surface area (Å²) >= 11 is 0. The van der Waals surface area contributed by atoms with Crippen LogP contribution in [0.2, 0.25) is 0 Å². The van der Waals surface area contributed by atoms with Crippen LogP contribution in [0.5, 0.6) is 5.75 Å². The van der Waals surface area contributed by atoms with Crippen LogP contribution in [0.3, 0.4) is 0 Å². The van der Waals surface area contributed by atoms with Gasteiger partial charge in [0.05, 0.1) is 0 Å². The summed E-state index contributed by atoms with van der Waals surface area (Å²) in [6, 6.07) is 5.75. The average molecular weight is 262 g/mol. The van der Waals surface area contributed by atoms with Gasteiger partial charge in [0.1, 0.15) is 5.75 Å². The molecule has 5 nitrogen and oxygen atoms in total. The van der Waals surface area contributed by atoms with E-state index < -0.39 is 0 Å². The summed E-state index contributed by atoms with van der Waals surface area (Å²) in [6.07, 6.45) is 1.81. The van der Waals surface area contributed by atoms with E-state index in [1.165, 1.54) is 0 Å². The van der Waals surface area contributed by atoms with Gasteiger partial charge in [-0.3, -0.25) is 20.4 Å². The van der Waals surface area contributed by atoms with Gasteiger partial charge in [-0.1, -0.05) is 17.7 Å². The minimum Gasteiger partial charge on any atom is -0.483 e. The normalized spacial score (nSPS) is 13.8. The van der Waals surface area contributed by atoms with Gasteiger partial charge in [-0.05, 0) is 38.3 Å². The maximum atomic E-state index is 11.5. The van der Waals surface area contributed by atoms with Gasteiger partial charge in [-0.25, -0.2) is 0 Å². The quantitative estimate of drug-likeness (QED) is 0.802. The maximum absolute atomic E-state index is 11.5. The first kappa shape index (κ1) is 13.4. The highest BCUT2D eigenvalue weighted by Crippen LogP contribution is 2.28. The number of ether oxygens (including phenoxy) is 1. The molecule has 1 aliphatic carbocycles. The first-order valence-corrected chi connectivity index (χ1v) is 6.35. The number of carbonyl (C=O) groups is 2. The number of hydrazine groups is 1. The molecule has 0 unspecified atom stereocenters. The van der Waals surface area contributed by atoms with Crippen LogP contribution in [0.4, 0.5) is 0 Å². The van der Waals surface area contributed by atoms with Gasteiger partial charge in [0.2, 0.25) is 5.91 Å². The Morgan fingerprint density at radius 1 is 1.26 bits per heavy atom. The molecule has 0 aliphatic heterocycles. The van der Waals surface area contributed by atoms with Crippen LogP contribution in [0.15, 0.2) is 18.2 Å². The summed E-state index contributed by atoms with van der Waals surface area (Å²) < 4.78 is 5.40. The van der Waals surface area contributed by atoms with Crippen molar-refractivity contribution in [3.8, 4) is 5.75 Å². The van der Waals surface area contributed by atoms with Crippen molar-refractivity contribution in [3.05, 3.63) is 29.3 Å². The van der Waals surface area contributed by atoms with E-state index in [-0.39, 0.29) is 24.3 Å². The van der Waals surface area contributed by atoms with E-state index in [1.807, 2.05) is 32.0 Å². The van der Waals surface area contributed by atoms with Gasteiger partial charge in [0.25, 0.3) is 5.91 Å². The molecular weight excluding hydrogens is 244 g/mol. The maximum Gasteiger partial charge on any atom is 0.276 e. The highest BCUT2D eigenvalue weighted by molar-refractivity contribution is 5.85. The predicted octanol–water partition coefficient (Wildman–Crippen LogP) is 1.24. The molecule has 0 radical (unpaired) electrons. The van der Waals surface area contributed by atoms with E-state index >= 15 is 0 Å². The largest absolute Gasteiger partial charge is 0.483 e. The van der Waals surface area contributed by atoms with Crippen LogP contribution in [0.25, 0.3) is 0 Å². The van der Waals surface area contributed by atoms with Crippen LogP contribution in [-0.4, -0.2) is 18.4 Å². The topological polar surface area (TPSA) is 67.4 Å². The van der Waals surface area contributed by atoms with Crippen molar-refractivity contribution in [1.82, 2.24) is 10.9 Å². The van der Waals surface area contributed by atoms with E-state index in [0.29, 0.717) is 5.75 Å². The summed E-state index contributed by atoms with van der Waals surface area (Å²) in [5, 5.41) is 0. The number of rotatable bonds is 4. The van der Waals surface area contributed by atoms with Crippen molar-refractivity contribution >= 4 is 11.8 Å². The van der Waals surface area contributed by atoms with Gasteiger partial charge in [0, 0.05) is 5.92 Å².